The van der Waals surface area contributed by atoms with Crippen LogP contribution in [-0.2, 0) is 15.7 Å². The van der Waals surface area contributed by atoms with Gasteiger partial charge in [0.1, 0.15) is 18.3 Å². The fourth-order valence-corrected chi connectivity index (χ4v) is 2.75. The first-order chi connectivity index (χ1) is 14.4. The van der Waals surface area contributed by atoms with Gasteiger partial charge in [0.15, 0.2) is 5.82 Å². The van der Waals surface area contributed by atoms with Gasteiger partial charge in [0, 0.05) is 35.8 Å². The van der Waals surface area contributed by atoms with E-state index in [-0.39, 0.29) is 23.0 Å². The summed E-state index contributed by atoms with van der Waals surface area (Å²) in [6.07, 6.45) is 3.48. The second kappa shape index (κ2) is 7.61. The van der Waals surface area contributed by atoms with E-state index in [1.165, 1.54) is 49.0 Å². The number of aromatic nitrogens is 7. The van der Waals surface area contributed by atoms with Gasteiger partial charge in [0.2, 0.25) is 5.82 Å². The second-order valence-corrected chi connectivity index (χ2v) is 6.50. The van der Waals surface area contributed by atoms with Crippen LogP contribution in [0.3, 0.4) is 0 Å². The molecule has 0 amide bonds. The van der Waals surface area contributed by atoms with Crippen LogP contribution < -0.4 is 0 Å². The largest absolute Gasteiger partial charge is 0.465 e. The van der Waals surface area contributed by atoms with Crippen LogP contribution in [0.5, 0.6) is 0 Å². The molecule has 0 spiro atoms. The van der Waals surface area contributed by atoms with Gasteiger partial charge in [-0.2, -0.15) is 13.2 Å². The highest BCUT2D eigenvalue weighted by molar-refractivity contribution is 6.20. The lowest BCUT2D eigenvalue weighted by Crippen LogP contribution is -2.14. The van der Waals surface area contributed by atoms with Crippen molar-refractivity contribution >= 4 is 17.7 Å². The molecule has 0 radical (unpaired) electrons. The molecule has 4 rings (SSSR count). The summed E-state index contributed by atoms with van der Waals surface area (Å²) < 4.78 is 46.0. The number of hydrogen-bond donors (Lipinski definition) is 0. The molecule has 12 heteroatoms. The summed E-state index contributed by atoms with van der Waals surface area (Å²) in [5.74, 6) is -1.96. The Morgan fingerprint density at radius 3 is 2.60 bits per heavy atom. The molecule has 0 saturated heterocycles. The number of alkyl halides is 3. The molecule has 0 aliphatic heterocycles. The number of nitrogens with zero attached hydrogens (tertiary/aromatic N) is 7. The molecule has 1 saturated carbocycles. The van der Waals surface area contributed by atoms with Crippen LogP contribution in [0, 0.1) is 0 Å². The molecule has 1 aliphatic rings. The maximum absolute atomic E-state index is 13.3. The molecule has 3 aromatic rings. The summed E-state index contributed by atoms with van der Waals surface area (Å²) in [7, 11) is 1.20. The van der Waals surface area contributed by atoms with Gasteiger partial charge in [-0.25, -0.2) is 24.7 Å². The van der Waals surface area contributed by atoms with Gasteiger partial charge in [-0.05, 0) is 18.9 Å². The molecule has 1 fully saturated rings. The van der Waals surface area contributed by atoms with E-state index in [0.717, 1.165) is 12.8 Å². The SMILES string of the molecule is COC(=O)/C(=C\n1cnnc1-c1cc(C2CC2)nc(C(F)(F)F)n1)c1cncnc1. The van der Waals surface area contributed by atoms with Crippen molar-refractivity contribution in [1.82, 2.24) is 34.7 Å². The van der Waals surface area contributed by atoms with E-state index in [4.69, 9.17) is 4.74 Å². The number of carbonyl (C=O) groups excluding carboxylic acids is 1. The molecule has 154 valence electrons. The van der Waals surface area contributed by atoms with Gasteiger partial charge in [-0.1, -0.05) is 0 Å². The third kappa shape index (κ3) is 4.02. The van der Waals surface area contributed by atoms with Crippen molar-refractivity contribution in [1.29, 1.82) is 0 Å². The van der Waals surface area contributed by atoms with E-state index in [1.54, 1.807) is 0 Å². The fourth-order valence-electron chi connectivity index (χ4n) is 2.75. The minimum Gasteiger partial charge on any atom is -0.465 e. The normalized spacial score (nSPS) is 14.6. The van der Waals surface area contributed by atoms with Crippen LogP contribution in [0.2, 0.25) is 0 Å². The maximum Gasteiger partial charge on any atom is 0.451 e. The quantitative estimate of drug-likeness (QED) is 0.460. The topological polar surface area (TPSA) is 109 Å². The Hall–Kier alpha value is -3.70. The fraction of sp³-hybridized carbons (Fsp3) is 0.278. The molecule has 9 nitrogen and oxygen atoms in total. The van der Waals surface area contributed by atoms with Crippen molar-refractivity contribution in [2.75, 3.05) is 7.11 Å². The van der Waals surface area contributed by atoms with Gasteiger partial charge in [0.05, 0.1) is 12.7 Å². The van der Waals surface area contributed by atoms with Gasteiger partial charge in [0.25, 0.3) is 0 Å². The zero-order chi connectivity index (χ0) is 21.3. The van der Waals surface area contributed by atoms with E-state index in [9.17, 15) is 18.0 Å². The smallest absolute Gasteiger partial charge is 0.451 e. The first kappa shape index (κ1) is 19.6. The Bertz CT molecular complexity index is 1110. The standard InChI is InChI=1S/C18H14F3N7O2/c1-30-16(29)12(11-5-22-8-23-6-11)7-28-9-24-27-15(28)14-4-13(10-2-3-10)25-17(26-14)18(19,20)21/h4-10H,2-3H2,1H3/b12-7-. The van der Waals surface area contributed by atoms with E-state index in [0.29, 0.717) is 11.3 Å². The zero-order valence-corrected chi connectivity index (χ0v) is 15.5. The van der Waals surface area contributed by atoms with Gasteiger partial charge < -0.3 is 4.74 Å². The highest BCUT2D eigenvalue weighted by atomic mass is 19.4. The van der Waals surface area contributed by atoms with Crippen molar-refractivity contribution in [3.63, 3.8) is 0 Å². The second-order valence-electron chi connectivity index (χ2n) is 6.50. The Balaban J connectivity index is 1.82. The molecule has 3 heterocycles. The van der Waals surface area contributed by atoms with Crippen molar-refractivity contribution in [2.24, 2.45) is 0 Å². The summed E-state index contributed by atoms with van der Waals surface area (Å²) in [5, 5.41) is 7.65. The van der Waals surface area contributed by atoms with E-state index < -0.39 is 18.0 Å². The number of ether oxygens (including phenoxy) is 1. The van der Waals surface area contributed by atoms with Crippen molar-refractivity contribution < 1.29 is 22.7 Å². The van der Waals surface area contributed by atoms with E-state index in [1.807, 2.05) is 0 Å². The third-order valence-corrected chi connectivity index (χ3v) is 4.34. The molecule has 0 aromatic carbocycles. The molecular weight excluding hydrogens is 403 g/mol. The highest BCUT2D eigenvalue weighted by Crippen LogP contribution is 2.41. The Kier molecular flexibility index (Phi) is 4.98. The predicted octanol–water partition coefficient (Wildman–Crippen LogP) is 2.59. The first-order valence-electron chi connectivity index (χ1n) is 8.78. The number of hydrogen-bond acceptors (Lipinski definition) is 8. The van der Waals surface area contributed by atoms with Gasteiger partial charge >= 0.3 is 12.1 Å². The minimum atomic E-state index is -4.71. The summed E-state index contributed by atoms with van der Waals surface area (Å²) in [5.41, 5.74) is 0.657. The first-order valence-corrected chi connectivity index (χ1v) is 8.78. The zero-order valence-electron chi connectivity index (χ0n) is 15.5. The lowest BCUT2D eigenvalue weighted by atomic mass is 10.1. The van der Waals surface area contributed by atoms with Crippen LogP contribution >= 0.6 is 0 Å². The molecule has 0 unspecified atom stereocenters. The molecular formula is C18H14F3N7O2. The number of methoxy groups -OCH3 is 1. The maximum atomic E-state index is 13.3. The molecule has 0 bridgehead atoms. The molecule has 30 heavy (non-hydrogen) atoms. The average molecular weight is 417 g/mol. The predicted molar refractivity (Wildman–Crippen MR) is 96.2 cm³/mol. The number of rotatable bonds is 5. The number of esters is 1. The Labute approximate surface area is 167 Å². The van der Waals surface area contributed by atoms with Crippen LogP contribution in [-0.4, -0.2) is 47.8 Å². The van der Waals surface area contributed by atoms with E-state index >= 15 is 0 Å². The Morgan fingerprint density at radius 2 is 1.97 bits per heavy atom. The van der Waals surface area contributed by atoms with Crippen LogP contribution in [0.1, 0.15) is 35.8 Å². The Morgan fingerprint density at radius 1 is 1.23 bits per heavy atom. The lowest BCUT2D eigenvalue weighted by molar-refractivity contribution is -0.145. The molecule has 0 atom stereocenters. The lowest BCUT2D eigenvalue weighted by Gasteiger charge is -2.10. The molecule has 3 aromatic heterocycles. The summed E-state index contributed by atoms with van der Waals surface area (Å²) >= 11 is 0. The van der Waals surface area contributed by atoms with Crippen molar-refractivity contribution in [2.45, 2.75) is 24.9 Å². The van der Waals surface area contributed by atoms with Crippen LogP contribution in [0.4, 0.5) is 13.2 Å². The summed E-state index contributed by atoms with van der Waals surface area (Å²) in [6.45, 7) is 0. The van der Waals surface area contributed by atoms with Crippen LogP contribution in [0.25, 0.3) is 23.3 Å². The molecule has 0 N–H and O–H groups in total. The van der Waals surface area contributed by atoms with Crippen molar-refractivity contribution in [3.8, 4) is 11.5 Å². The molecule has 1 aliphatic carbocycles. The monoisotopic (exact) mass is 417 g/mol. The number of carbonyl (C=O) groups is 1. The minimum absolute atomic E-state index is 0.0167. The average Bonchev–Trinajstić information content (AvgIpc) is 3.49. The van der Waals surface area contributed by atoms with Gasteiger partial charge in [-0.15, -0.1) is 10.2 Å². The van der Waals surface area contributed by atoms with Gasteiger partial charge in [-0.3, -0.25) is 4.57 Å². The van der Waals surface area contributed by atoms with E-state index in [2.05, 4.69) is 30.1 Å². The van der Waals surface area contributed by atoms with Crippen LogP contribution in [0.15, 0.2) is 31.1 Å². The third-order valence-electron chi connectivity index (χ3n) is 4.34. The van der Waals surface area contributed by atoms with Crippen molar-refractivity contribution in [3.05, 3.63) is 48.2 Å². The number of halogens is 3. The summed E-state index contributed by atoms with van der Waals surface area (Å²) in [4.78, 5) is 27.3. The highest BCUT2D eigenvalue weighted by Gasteiger charge is 2.37. The summed E-state index contributed by atoms with van der Waals surface area (Å²) in [6, 6.07) is 1.46.